The third-order valence-corrected chi connectivity index (χ3v) is 4.31. The van der Waals surface area contributed by atoms with E-state index >= 15 is 0 Å². The van der Waals surface area contributed by atoms with Crippen LogP contribution in [0.3, 0.4) is 0 Å². The first kappa shape index (κ1) is 12.4. The summed E-state index contributed by atoms with van der Waals surface area (Å²) in [5.74, 6) is 0.255. The topological polar surface area (TPSA) is 41.6 Å². The highest BCUT2D eigenvalue weighted by Crippen LogP contribution is 2.29. The number of hydrogen-bond donors (Lipinski definition) is 1. The average Bonchev–Trinajstić information content (AvgIpc) is 3.13. The lowest BCUT2D eigenvalue weighted by atomic mass is 10.1. The van der Waals surface area contributed by atoms with Gasteiger partial charge in [-0.2, -0.15) is 0 Å². The smallest absolute Gasteiger partial charge is 0.252 e. The zero-order valence-electron chi connectivity index (χ0n) is 11.1. The van der Waals surface area contributed by atoms with Crippen LogP contribution in [-0.2, 0) is 9.53 Å². The van der Waals surface area contributed by atoms with E-state index in [1.54, 1.807) is 0 Å². The molecule has 0 bridgehead atoms. The quantitative estimate of drug-likeness (QED) is 0.820. The Morgan fingerprint density at radius 1 is 1.17 bits per heavy atom. The minimum atomic E-state index is -0.152. The third-order valence-electron chi connectivity index (χ3n) is 4.31. The summed E-state index contributed by atoms with van der Waals surface area (Å²) >= 11 is 0. The SMILES string of the molecule is O=C([C@@H]1CCCCO1)N(C[C@@H]1CCCN1)C1CC1. The molecule has 0 radical (unpaired) electrons. The van der Waals surface area contributed by atoms with Gasteiger partial charge < -0.3 is 15.0 Å². The molecule has 0 aromatic heterocycles. The van der Waals surface area contributed by atoms with Crippen molar-refractivity contribution >= 4 is 5.91 Å². The summed E-state index contributed by atoms with van der Waals surface area (Å²) in [6.07, 6.45) is 7.84. The Bertz CT molecular complexity index is 292. The van der Waals surface area contributed by atoms with Crippen LogP contribution in [0, 0.1) is 0 Å². The number of carbonyl (C=O) groups is 1. The van der Waals surface area contributed by atoms with Crippen LogP contribution in [0.5, 0.6) is 0 Å². The Hall–Kier alpha value is -0.610. The van der Waals surface area contributed by atoms with Crippen LogP contribution in [0.1, 0.15) is 44.9 Å². The van der Waals surface area contributed by atoms with Crippen LogP contribution in [0.4, 0.5) is 0 Å². The maximum Gasteiger partial charge on any atom is 0.252 e. The van der Waals surface area contributed by atoms with Crippen molar-refractivity contribution in [2.24, 2.45) is 0 Å². The van der Waals surface area contributed by atoms with Crippen LogP contribution < -0.4 is 5.32 Å². The molecule has 2 saturated heterocycles. The van der Waals surface area contributed by atoms with E-state index in [0.29, 0.717) is 12.1 Å². The molecule has 0 aromatic rings. The summed E-state index contributed by atoms with van der Waals surface area (Å²) in [6, 6.07) is 1.02. The highest BCUT2D eigenvalue weighted by Gasteiger charge is 2.38. The fourth-order valence-electron chi connectivity index (χ4n) is 3.08. The first-order valence-electron chi connectivity index (χ1n) is 7.50. The molecule has 0 spiro atoms. The van der Waals surface area contributed by atoms with Crippen molar-refractivity contribution in [1.29, 1.82) is 0 Å². The Kier molecular flexibility index (Phi) is 3.85. The zero-order chi connectivity index (χ0) is 12.4. The first-order chi connectivity index (χ1) is 8.84. The number of ether oxygens (including phenoxy) is 1. The predicted octanol–water partition coefficient (Wildman–Crippen LogP) is 1.30. The molecule has 3 rings (SSSR count). The van der Waals surface area contributed by atoms with E-state index in [1.807, 2.05) is 0 Å². The second kappa shape index (κ2) is 5.57. The lowest BCUT2D eigenvalue weighted by Gasteiger charge is -2.31. The van der Waals surface area contributed by atoms with E-state index in [-0.39, 0.29) is 12.0 Å². The fourth-order valence-corrected chi connectivity index (χ4v) is 3.08. The highest BCUT2D eigenvalue weighted by molar-refractivity contribution is 5.81. The molecule has 1 amide bonds. The van der Waals surface area contributed by atoms with Crippen molar-refractivity contribution in [2.75, 3.05) is 19.7 Å². The molecule has 4 heteroatoms. The summed E-state index contributed by atoms with van der Waals surface area (Å²) in [7, 11) is 0. The molecular formula is C14H24N2O2. The van der Waals surface area contributed by atoms with E-state index in [9.17, 15) is 4.79 Å². The number of nitrogens with zero attached hydrogens (tertiary/aromatic N) is 1. The van der Waals surface area contributed by atoms with Crippen molar-refractivity contribution in [3.05, 3.63) is 0 Å². The highest BCUT2D eigenvalue weighted by atomic mass is 16.5. The van der Waals surface area contributed by atoms with Gasteiger partial charge in [-0.3, -0.25) is 4.79 Å². The molecule has 1 aliphatic carbocycles. The van der Waals surface area contributed by atoms with Crippen LogP contribution in [-0.4, -0.2) is 48.7 Å². The molecule has 3 fully saturated rings. The number of hydrogen-bond acceptors (Lipinski definition) is 3. The molecule has 0 aromatic carbocycles. The lowest BCUT2D eigenvalue weighted by Crippen LogP contribution is -2.48. The van der Waals surface area contributed by atoms with Gasteiger partial charge in [-0.15, -0.1) is 0 Å². The summed E-state index contributed by atoms with van der Waals surface area (Å²) in [6.45, 7) is 2.76. The van der Waals surface area contributed by atoms with Gasteiger partial charge in [0, 0.05) is 25.2 Å². The lowest BCUT2D eigenvalue weighted by molar-refractivity contribution is -0.147. The molecule has 18 heavy (non-hydrogen) atoms. The molecule has 0 unspecified atom stereocenters. The Morgan fingerprint density at radius 2 is 2.06 bits per heavy atom. The van der Waals surface area contributed by atoms with E-state index in [1.165, 1.54) is 25.7 Å². The molecular weight excluding hydrogens is 228 g/mol. The normalized spacial score (nSPS) is 32.4. The summed E-state index contributed by atoms with van der Waals surface area (Å²) in [5, 5.41) is 3.49. The minimum Gasteiger partial charge on any atom is -0.368 e. The standard InChI is InChI=1S/C14H24N2O2/c17-14(13-5-1-2-9-18-13)16(12-6-7-12)10-11-4-3-8-15-11/h11-13,15H,1-10H2/t11-,13-/m0/s1. The second-order valence-electron chi connectivity index (χ2n) is 5.87. The van der Waals surface area contributed by atoms with Crippen LogP contribution in [0.2, 0.25) is 0 Å². The maximum absolute atomic E-state index is 12.5. The first-order valence-corrected chi connectivity index (χ1v) is 7.50. The van der Waals surface area contributed by atoms with Gasteiger partial charge in [0.05, 0.1) is 0 Å². The number of nitrogens with one attached hydrogen (secondary N) is 1. The third kappa shape index (κ3) is 2.86. The van der Waals surface area contributed by atoms with E-state index < -0.39 is 0 Å². The van der Waals surface area contributed by atoms with Crippen LogP contribution in [0.25, 0.3) is 0 Å². The average molecular weight is 252 g/mol. The fraction of sp³-hybridized carbons (Fsp3) is 0.929. The van der Waals surface area contributed by atoms with E-state index in [0.717, 1.165) is 39.0 Å². The van der Waals surface area contributed by atoms with Crippen LogP contribution >= 0.6 is 0 Å². The molecule has 1 N–H and O–H groups in total. The largest absolute Gasteiger partial charge is 0.368 e. The van der Waals surface area contributed by atoms with Gasteiger partial charge in [0.15, 0.2) is 0 Å². The predicted molar refractivity (Wildman–Crippen MR) is 69.4 cm³/mol. The molecule has 2 atom stereocenters. The summed E-state index contributed by atoms with van der Waals surface area (Å²) < 4.78 is 5.65. The molecule has 102 valence electrons. The van der Waals surface area contributed by atoms with Crippen molar-refractivity contribution in [3.8, 4) is 0 Å². The van der Waals surface area contributed by atoms with Crippen molar-refractivity contribution in [2.45, 2.75) is 63.1 Å². The number of amides is 1. The second-order valence-corrected chi connectivity index (χ2v) is 5.87. The summed E-state index contributed by atoms with van der Waals surface area (Å²) in [5.41, 5.74) is 0. The van der Waals surface area contributed by atoms with Gasteiger partial charge in [0.1, 0.15) is 6.10 Å². The Balaban J connectivity index is 1.59. The molecule has 3 aliphatic rings. The van der Waals surface area contributed by atoms with Crippen molar-refractivity contribution in [1.82, 2.24) is 10.2 Å². The van der Waals surface area contributed by atoms with Crippen LogP contribution in [0.15, 0.2) is 0 Å². The number of carbonyl (C=O) groups excluding carboxylic acids is 1. The van der Waals surface area contributed by atoms with E-state index in [2.05, 4.69) is 10.2 Å². The zero-order valence-corrected chi connectivity index (χ0v) is 11.1. The minimum absolute atomic E-state index is 0.152. The molecule has 1 saturated carbocycles. The molecule has 2 heterocycles. The maximum atomic E-state index is 12.5. The van der Waals surface area contributed by atoms with Gasteiger partial charge >= 0.3 is 0 Å². The van der Waals surface area contributed by atoms with Gasteiger partial charge in [-0.25, -0.2) is 0 Å². The monoisotopic (exact) mass is 252 g/mol. The van der Waals surface area contributed by atoms with Gasteiger partial charge in [-0.1, -0.05) is 0 Å². The Labute approximate surface area is 109 Å². The van der Waals surface area contributed by atoms with Gasteiger partial charge in [0.25, 0.3) is 5.91 Å². The van der Waals surface area contributed by atoms with Gasteiger partial charge in [-0.05, 0) is 51.5 Å². The molecule has 4 nitrogen and oxygen atoms in total. The Morgan fingerprint density at radius 3 is 2.67 bits per heavy atom. The number of rotatable bonds is 4. The molecule has 2 aliphatic heterocycles. The van der Waals surface area contributed by atoms with Gasteiger partial charge in [0.2, 0.25) is 0 Å². The van der Waals surface area contributed by atoms with Crippen molar-refractivity contribution < 1.29 is 9.53 Å². The van der Waals surface area contributed by atoms with E-state index in [4.69, 9.17) is 4.74 Å². The summed E-state index contributed by atoms with van der Waals surface area (Å²) in [4.78, 5) is 14.7. The van der Waals surface area contributed by atoms with Crippen molar-refractivity contribution in [3.63, 3.8) is 0 Å².